The van der Waals surface area contributed by atoms with E-state index in [9.17, 15) is 4.39 Å². The van der Waals surface area contributed by atoms with Crippen LogP contribution in [0.4, 0.5) is 4.39 Å². The molecule has 1 atom stereocenters. The molecule has 1 saturated heterocycles. The van der Waals surface area contributed by atoms with Gasteiger partial charge in [0.15, 0.2) is 0 Å². The van der Waals surface area contributed by atoms with Crippen LogP contribution in [0.3, 0.4) is 0 Å². The van der Waals surface area contributed by atoms with Gasteiger partial charge in [0.1, 0.15) is 5.82 Å². The summed E-state index contributed by atoms with van der Waals surface area (Å²) in [4.78, 5) is 6.75. The summed E-state index contributed by atoms with van der Waals surface area (Å²) < 4.78 is 12.9. The number of piperidine rings is 1. The molecule has 4 heteroatoms. The molecule has 0 aliphatic carbocycles. The van der Waals surface area contributed by atoms with Crippen LogP contribution in [0.2, 0.25) is 0 Å². The van der Waals surface area contributed by atoms with Crippen LogP contribution in [-0.4, -0.2) is 35.6 Å². The monoisotopic (exact) mass is 279 g/mol. The molecule has 1 unspecified atom stereocenters. The molecule has 0 bridgehead atoms. The second kappa shape index (κ2) is 7.70. The summed E-state index contributed by atoms with van der Waals surface area (Å²) in [6.45, 7) is 7.95. The molecule has 20 heavy (non-hydrogen) atoms. The minimum atomic E-state index is -0.267. The topological polar surface area (TPSA) is 28.2 Å². The van der Waals surface area contributed by atoms with Crippen molar-refractivity contribution in [3.8, 4) is 0 Å². The lowest BCUT2D eigenvalue weighted by atomic mass is 10.0. The first-order chi connectivity index (χ1) is 9.72. The van der Waals surface area contributed by atoms with Crippen LogP contribution in [0, 0.1) is 5.82 Å². The number of hydrogen-bond donors (Lipinski definition) is 1. The van der Waals surface area contributed by atoms with E-state index >= 15 is 0 Å². The molecule has 1 aliphatic rings. The fraction of sp³-hybridized carbons (Fsp3) is 0.688. The van der Waals surface area contributed by atoms with Crippen molar-refractivity contribution in [2.24, 2.45) is 0 Å². The van der Waals surface area contributed by atoms with Gasteiger partial charge in [0.05, 0.1) is 11.9 Å². The summed E-state index contributed by atoms with van der Waals surface area (Å²) in [5.41, 5.74) is 0.949. The molecule has 112 valence electrons. The minimum Gasteiger partial charge on any atom is -0.306 e. The lowest BCUT2D eigenvalue weighted by Gasteiger charge is -2.34. The molecule has 0 amide bonds. The Morgan fingerprint density at radius 2 is 2.10 bits per heavy atom. The van der Waals surface area contributed by atoms with Crippen LogP contribution in [-0.2, 0) is 0 Å². The zero-order valence-electron chi connectivity index (χ0n) is 12.6. The first kappa shape index (κ1) is 15.4. The highest BCUT2D eigenvalue weighted by Gasteiger charge is 2.21. The minimum absolute atomic E-state index is 0.235. The molecule has 1 fully saturated rings. The summed E-state index contributed by atoms with van der Waals surface area (Å²) in [5.74, 6) is -0.267. The van der Waals surface area contributed by atoms with E-state index in [1.807, 2.05) is 0 Å². The van der Waals surface area contributed by atoms with Crippen LogP contribution in [0.25, 0.3) is 0 Å². The standard InChI is InChI=1S/C16H26FN3/c1-3-9-20-10-7-14(8-11-20)19-15(4-2)16-6-5-13(17)12-18-16/h5-6,12,14-15,19H,3-4,7-11H2,1-2H3. The Labute approximate surface area is 121 Å². The second-order valence-electron chi connectivity index (χ2n) is 5.64. The first-order valence-electron chi connectivity index (χ1n) is 7.82. The van der Waals surface area contributed by atoms with Crippen molar-refractivity contribution in [3.05, 3.63) is 29.8 Å². The lowest BCUT2D eigenvalue weighted by Crippen LogP contribution is -2.43. The second-order valence-corrected chi connectivity index (χ2v) is 5.64. The maximum Gasteiger partial charge on any atom is 0.141 e. The van der Waals surface area contributed by atoms with Gasteiger partial charge in [-0.15, -0.1) is 0 Å². The molecule has 2 heterocycles. The van der Waals surface area contributed by atoms with Crippen molar-refractivity contribution in [1.29, 1.82) is 0 Å². The average Bonchev–Trinajstić information content (AvgIpc) is 2.48. The number of likely N-dealkylation sites (tertiary alicyclic amines) is 1. The Hall–Kier alpha value is -1.00. The zero-order chi connectivity index (χ0) is 14.4. The summed E-state index contributed by atoms with van der Waals surface area (Å²) >= 11 is 0. The normalized spacial score (nSPS) is 19.1. The van der Waals surface area contributed by atoms with Crippen molar-refractivity contribution < 1.29 is 4.39 Å². The third-order valence-corrected chi connectivity index (χ3v) is 4.08. The van der Waals surface area contributed by atoms with Crippen LogP contribution in [0.1, 0.15) is 51.3 Å². The van der Waals surface area contributed by atoms with Crippen LogP contribution < -0.4 is 5.32 Å². The van der Waals surface area contributed by atoms with Crippen molar-refractivity contribution in [1.82, 2.24) is 15.2 Å². The molecule has 0 radical (unpaired) electrons. The Morgan fingerprint density at radius 3 is 2.65 bits per heavy atom. The average molecular weight is 279 g/mol. The van der Waals surface area contributed by atoms with E-state index in [1.54, 1.807) is 6.07 Å². The summed E-state index contributed by atoms with van der Waals surface area (Å²) in [7, 11) is 0. The number of pyridine rings is 1. The Balaban J connectivity index is 1.86. The Morgan fingerprint density at radius 1 is 1.35 bits per heavy atom. The van der Waals surface area contributed by atoms with Crippen molar-refractivity contribution in [3.63, 3.8) is 0 Å². The predicted molar refractivity (Wildman–Crippen MR) is 80.1 cm³/mol. The molecule has 0 saturated carbocycles. The quantitative estimate of drug-likeness (QED) is 0.867. The Bertz CT molecular complexity index is 385. The number of rotatable bonds is 6. The van der Waals surface area contributed by atoms with Crippen molar-refractivity contribution >= 4 is 0 Å². The van der Waals surface area contributed by atoms with Gasteiger partial charge in [-0.1, -0.05) is 13.8 Å². The number of nitrogens with one attached hydrogen (secondary N) is 1. The van der Waals surface area contributed by atoms with Gasteiger partial charge in [0.2, 0.25) is 0 Å². The molecule has 1 aromatic rings. The number of hydrogen-bond acceptors (Lipinski definition) is 3. The van der Waals surface area contributed by atoms with Gasteiger partial charge in [-0.3, -0.25) is 4.98 Å². The Kier molecular flexibility index (Phi) is 5.92. The molecule has 1 aliphatic heterocycles. The molecule has 0 spiro atoms. The van der Waals surface area contributed by atoms with Gasteiger partial charge in [0.25, 0.3) is 0 Å². The summed E-state index contributed by atoms with van der Waals surface area (Å²) in [6.07, 6.45) is 5.90. The van der Waals surface area contributed by atoms with Gasteiger partial charge in [-0.05, 0) is 57.5 Å². The van der Waals surface area contributed by atoms with Crippen LogP contribution in [0.15, 0.2) is 18.3 Å². The highest BCUT2D eigenvalue weighted by atomic mass is 19.1. The molecule has 0 aromatic carbocycles. The largest absolute Gasteiger partial charge is 0.306 e. The number of halogens is 1. The molecule has 1 aromatic heterocycles. The summed E-state index contributed by atoms with van der Waals surface area (Å²) in [5, 5.41) is 3.69. The fourth-order valence-corrected chi connectivity index (χ4v) is 2.93. The highest BCUT2D eigenvalue weighted by molar-refractivity contribution is 5.10. The molecule has 2 rings (SSSR count). The summed E-state index contributed by atoms with van der Waals surface area (Å²) in [6, 6.07) is 4.08. The molecular weight excluding hydrogens is 253 g/mol. The van der Waals surface area contributed by atoms with Crippen molar-refractivity contribution in [2.45, 2.75) is 51.6 Å². The van der Waals surface area contributed by atoms with E-state index in [0.717, 1.165) is 12.1 Å². The van der Waals surface area contributed by atoms with Gasteiger partial charge in [-0.25, -0.2) is 4.39 Å². The maximum atomic E-state index is 12.9. The number of nitrogens with zero attached hydrogens (tertiary/aromatic N) is 2. The van der Waals surface area contributed by atoms with Crippen LogP contribution in [0.5, 0.6) is 0 Å². The molecule has 3 nitrogen and oxygen atoms in total. The van der Waals surface area contributed by atoms with Gasteiger partial charge < -0.3 is 10.2 Å². The lowest BCUT2D eigenvalue weighted by molar-refractivity contribution is 0.190. The SMILES string of the molecule is CCCN1CCC(NC(CC)c2ccc(F)cn2)CC1. The van der Waals surface area contributed by atoms with E-state index in [0.29, 0.717) is 6.04 Å². The smallest absolute Gasteiger partial charge is 0.141 e. The van der Waals surface area contributed by atoms with E-state index in [1.165, 1.54) is 51.2 Å². The fourth-order valence-electron chi connectivity index (χ4n) is 2.93. The van der Waals surface area contributed by atoms with Gasteiger partial charge in [0, 0.05) is 12.1 Å². The number of aromatic nitrogens is 1. The predicted octanol–water partition coefficient (Wildman–Crippen LogP) is 3.14. The first-order valence-corrected chi connectivity index (χ1v) is 7.82. The van der Waals surface area contributed by atoms with E-state index in [2.05, 4.69) is 29.0 Å². The zero-order valence-corrected chi connectivity index (χ0v) is 12.6. The van der Waals surface area contributed by atoms with Gasteiger partial charge in [-0.2, -0.15) is 0 Å². The maximum absolute atomic E-state index is 12.9. The highest BCUT2D eigenvalue weighted by Crippen LogP contribution is 2.19. The molecule has 1 N–H and O–H groups in total. The van der Waals surface area contributed by atoms with E-state index in [-0.39, 0.29) is 11.9 Å². The van der Waals surface area contributed by atoms with Crippen molar-refractivity contribution in [2.75, 3.05) is 19.6 Å². The third kappa shape index (κ3) is 4.25. The van der Waals surface area contributed by atoms with Gasteiger partial charge >= 0.3 is 0 Å². The van der Waals surface area contributed by atoms with Crippen LogP contribution >= 0.6 is 0 Å². The molecular formula is C16H26FN3. The van der Waals surface area contributed by atoms with E-state index in [4.69, 9.17) is 0 Å². The van der Waals surface area contributed by atoms with E-state index < -0.39 is 0 Å². The third-order valence-electron chi connectivity index (χ3n) is 4.08.